The number of nitrogens with one attached hydrogen (secondary N) is 2. The Kier molecular flexibility index (Phi) is 6.61. The fourth-order valence-corrected chi connectivity index (χ4v) is 5.44. The van der Waals surface area contributed by atoms with Gasteiger partial charge in [0.05, 0.1) is 17.7 Å². The van der Waals surface area contributed by atoms with Crippen molar-refractivity contribution in [1.29, 1.82) is 0 Å². The fraction of sp³-hybridized carbons (Fsp3) is 0.273. The Labute approximate surface area is 192 Å². The summed E-state index contributed by atoms with van der Waals surface area (Å²) in [6, 6.07) is 11.7. The van der Waals surface area contributed by atoms with Gasteiger partial charge in [-0.2, -0.15) is 0 Å². The molecule has 168 valence electrons. The van der Waals surface area contributed by atoms with E-state index in [1.807, 2.05) is 13.0 Å². The number of benzene rings is 2. The van der Waals surface area contributed by atoms with Crippen LogP contribution in [0.1, 0.15) is 18.5 Å². The topological polar surface area (TPSA) is 104 Å². The fourth-order valence-electron chi connectivity index (χ4n) is 3.46. The van der Waals surface area contributed by atoms with Crippen LogP contribution in [0.25, 0.3) is 10.4 Å². The molecule has 2 amide bonds. The minimum absolute atomic E-state index is 0.127. The minimum atomic E-state index is -1.60. The predicted molar refractivity (Wildman–Crippen MR) is 127 cm³/mol. The molecule has 1 fully saturated rings. The number of hydrogen-bond donors (Lipinski definition) is 3. The van der Waals surface area contributed by atoms with Crippen LogP contribution in [0.4, 0.5) is 15.6 Å². The number of phenolic OH excluding ortho intramolecular Hbond substituents is 1. The van der Waals surface area contributed by atoms with Gasteiger partial charge in [-0.1, -0.05) is 11.3 Å². The molecule has 3 N–H and O–H groups in total. The second kappa shape index (κ2) is 9.58. The molecule has 1 aromatic heterocycles. The first-order chi connectivity index (χ1) is 15.4. The van der Waals surface area contributed by atoms with Gasteiger partial charge >= 0.3 is 6.03 Å². The number of nitrogens with zero attached hydrogens (tertiary/aromatic N) is 2. The molecule has 32 heavy (non-hydrogen) atoms. The molecule has 0 aliphatic carbocycles. The molecule has 4 rings (SSSR count). The Morgan fingerprint density at radius 2 is 1.91 bits per heavy atom. The van der Waals surface area contributed by atoms with Crippen LogP contribution in [0, 0.1) is 6.92 Å². The van der Waals surface area contributed by atoms with Gasteiger partial charge in [0, 0.05) is 18.8 Å². The largest absolute Gasteiger partial charge is 0.508 e. The second-order valence-electron chi connectivity index (χ2n) is 7.34. The van der Waals surface area contributed by atoms with E-state index in [9.17, 15) is 14.1 Å². The van der Waals surface area contributed by atoms with Gasteiger partial charge in [0.2, 0.25) is 0 Å². The maximum atomic E-state index is 13.0. The summed E-state index contributed by atoms with van der Waals surface area (Å²) in [4.78, 5) is 20.1. The summed E-state index contributed by atoms with van der Waals surface area (Å²) in [6.07, 6.45) is 2.05. The number of likely N-dealkylation sites (tertiary alicyclic amines) is 1. The number of anilines is 2. The molecule has 1 unspecified atom stereocenters. The zero-order valence-electron chi connectivity index (χ0n) is 17.8. The SMILES string of the molecule is COc1ccc(-c2sc(NC(=O)N3CCCC3)nc2C)cc1S(=O)Nc1ccc(O)cc1. The lowest BCUT2D eigenvalue weighted by atomic mass is 10.1. The number of aromatic hydroxyl groups is 1. The number of phenols is 1. The number of thiazole rings is 1. The van der Waals surface area contributed by atoms with Gasteiger partial charge in [0.1, 0.15) is 16.4 Å². The summed E-state index contributed by atoms with van der Waals surface area (Å²) in [7, 11) is -0.0680. The zero-order chi connectivity index (χ0) is 22.7. The van der Waals surface area contributed by atoms with E-state index in [0.717, 1.165) is 42.1 Å². The molecular weight excluding hydrogens is 448 g/mol. The number of rotatable bonds is 6. The third kappa shape index (κ3) is 4.86. The Hall–Kier alpha value is -3.11. The third-order valence-corrected chi connectivity index (χ3v) is 7.37. The van der Waals surface area contributed by atoms with Crippen molar-refractivity contribution in [3.05, 3.63) is 48.2 Å². The van der Waals surface area contributed by atoms with Gasteiger partial charge in [0.25, 0.3) is 0 Å². The maximum absolute atomic E-state index is 13.0. The molecule has 8 nitrogen and oxygen atoms in total. The van der Waals surface area contributed by atoms with Crippen molar-refractivity contribution in [2.75, 3.05) is 30.2 Å². The Morgan fingerprint density at radius 3 is 2.59 bits per heavy atom. The van der Waals surface area contributed by atoms with Crippen molar-refractivity contribution in [2.45, 2.75) is 24.7 Å². The van der Waals surface area contributed by atoms with E-state index in [4.69, 9.17) is 4.74 Å². The number of carbonyl (C=O) groups is 1. The lowest BCUT2D eigenvalue weighted by molar-refractivity contribution is 0.222. The number of carbonyl (C=O) groups excluding carboxylic acids is 1. The van der Waals surface area contributed by atoms with Crippen LogP contribution >= 0.6 is 11.3 Å². The van der Waals surface area contributed by atoms with E-state index in [1.165, 1.54) is 30.6 Å². The van der Waals surface area contributed by atoms with Crippen LogP contribution in [0.15, 0.2) is 47.4 Å². The van der Waals surface area contributed by atoms with E-state index < -0.39 is 11.0 Å². The van der Waals surface area contributed by atoms with Crippen LogP contribution in [-0.4, -0.2) is 45.4 Å². The van der Waals surface area contributed by atoms with Crippen LogP contribution in [0.5, 0.6) is 11.5 Å². The lowest BCUT2D eigenvalue weighted by Crippen LogP contribution is -2.32. The second-order valence-corrected chi connectivity index (χ2v) is 9.52. The average molecular weight is 473 g/mol. The quantitative estimate of drug-likeness (QED) is 0.455. The Balaban J connectivity index is 1.57. The van der Waals surface area contributed by atoms with Gasteiger partial charge < -0.3 is 19.5 Å². The highest BCUT2D eigenvalue weighted by Crippen LogP contribution is 2.36. The third-order valence-electron chi connectivity index (χ3n) is 5.11. The first-order valence-corrected chi connectivity index (χ1v) is 12.1. The predicted octanol–water partition coefficient (Wildman–Crippen LogP) is 4.60. The Morgan fingerprint density at radius 1 is 1.19 bits per heavy atom. The van der Waals surface area contributed by atoms with Crippen LogP contribution in [0.3, 0.4) is 0 Å². The molecule has 1 aliphatic heterocycles. The van der Waals surface area contributed by atoms with Gasteiger partial charge in [0.15, 0.2) is 16.1 Å². The van der Waals surface area contributed by atoms with E-state index >= 15 is 0 Å². The molecule has 1 saturated heterocycles. The highest BCUT2D eigenvalue weighted by Gasteiger charge is 2.21. The van der Waals surface area contributed by atoms with E-state index in [0.29, 0.717) is 21.5 Å². The average Bonchev–Trinajstić information content (AvgIpc) is 3.45. The minimum Gasteiger partial charge on any atom is -0.508 e. The molecule has 10 heteroatoms. The van der Waals surface area contributed by atoms with Crippen LogP contribution in [0.2, 0.25) is 0 Å². The summed E-state index contributed by atoms with van der Waals surface area (Å²) < 4.78 is 21.4. The van der Waals surface area contributed by atoms with Crippen molar-refractivity contribution in [3.63, 3.8) is 0 Å². The molecule has 0 bridgehead atoms. The molecule has 1 aliphatic rings. The molecular formula is C22H24N4O4S2. The van der Waals surface area contributed by atoms with E-state index in [-0.39, 0.29) is 11.8 Å². The van der Waals surface area contributed by atoms with Crippen molar-refractivity contribution >= 4 is 39.2 Å². The zero-order valence-corrected chi connectivity index (χ0v) is 19.4. The number of methoxy groups -OCH3 is 1. The highest BCUT2D eigenvalue weighted by atomic mass is 32.2. The van der Waals surface area contributed by atoms with Crippen molar-refractivity contribution in [2.24, 2.45) is 0 Å². The lowest BCUT2D eigenvalue weighted by Gasteiger charge is -2.14. The molecule has 3 aromatic rings. The number of ether oxygens (including phenoxy) is 1. The van der Waals surface area contributed by atoms with E-state index in [1.54, 1.807) is 29.2 Å². The summed E-state index contributed by atoms with van der Waals surface area (Å²) in [5.41, 5.74) is 2.22. The summed E-state index contributed by atoms with van der Waals surface area (Å²) in [6.45, 7) is 3.42. The molecule has 2 aromatic carbocycles. The molecule has 1 atom stereocenters. The smallest absolute Gasteiger partial charge is 0.323 e. The highest BCUT2D eigenvalue weighted by molar-refractivity contribution is 7.86. The number of aryl methyl sites for hydroxylation is 1. The van der Waals surface area contributed by atoms with E-state index in [2.05, 4.69) is 15.0 Å². The molecule has 0 radical (unpaired) electrons. The molecule has 0 spiro atoms. The first kappa shape index (κ1) is 22.1. The van der Waals surface area contributed by atoms with Crippen LogP contribution in [-0.2, 0) is 11.0 Å². The van der Waals surface area contributed by atoms with Gasteiger partial charge in [-0.3, -0.25) is 5.32 Å². The number of hydrogen-bond acceptors (Lipinski definition) is 6. The van der Waals surface area contributed by atoms with Crippen molar-refractivity contribution in [3.8, 4) is 21.9 Å². The number of amides is 2. The standard InChI is InChI=1S/C22H24N4O4S2/c1-14-20(31-21(23-14)24-22(28)26-11-3-4-12-26)15-5-10-18(30-2)19(13-15)32(29)25-16-6-8-17(27)9-7-16/h5-10,13,25,27H,3-4,11-12H2,1-2H3,(H,23,24,28). The molecule has 2 heterocycles. The first-order valence-electron chi connectivity index (χ1n) is 10.1. The number of aromatic nitrogens is 1. The summed E-state index contributed by atoms with van der Waals surface area (Å²) >= 11 is 1.38. The summed E-state index contributed by atoms with van der Waals surface area (Å²) in [5.74, 6) is 0.622. The monoisotopic (exact) mass is 472 g/mol. The van der Waals surface area contributed by atoms with Gasteiger partial charge in [-0.05, 0) is 67.8 Å². The summed E-state index contributed by atoms with van der Waals surface area (Å²) in [5, 5.41) is 12.9. The van der Waals surface area contributed by atoms with Crippen LogP contribution < -0.4 is 14.8 Å². The van der Waals surface area contributed by atoms with Gasteiger partial charge in [-0.25, -0.2) is 14.0 Å². The van der Waals surface area contributed by atoms with Gasteiger partial charge in [-0.15, -0.1) is 0 Å². The molecule has 0 saturated carbocycles. The Bertz CT molecular complexity index is 1140. The normalized spacial score (nSPS) is 14.2. The van der Waals surface area contributed by atoms with Crippen molar-refractivity contribution < 1.29 is 18.8 Å². The van der Waals surface area contributed by atoms with Crippen molar-refractivity contribution in [1.82, 2.24) is 9.88 Å². The maximum Gasteiger partial charge on any atom is 0.323 e. The number of urea groups is 1.